The lowest BCUT2D eigenvalue weighted by Gasteiger charge is -2.16. The molecular weight excluding hydrogens is 180 g/mol. The van der Waals surface area contributed by atoms with Crippen LogP contribution >= 0.6 is 0 Å². The molecule has 1 aromatic heterocycles. The van der Waals surface area contributed by atoms with Gasteiger partial charge in [0, 0.05) is 7.05 Å². The van der Waals surface area contributed by atoms with E-state index < -0.39 is 5.60 Å². The highest BCUT2D eigenvalue weighted by Gasteiger charge is 2.11. The number of aromatic nitrogens is 3. The van der Waals surface area contributed by atoms with Gasteiger partial charge in [-0.25, -0.2) is 0 Å². The molecule has 1 rings (SSSR count). The smallest absolute Gasteiger partial charge is 0.146 e. The summed E-state index contributed by atoms with van der Waals surface area (Å²) in [7, 11) is 1.91. The molecule has 0 saturated heterocycles. The van der Waals surface area contributed by atoms with Crippen molar-refractivity contribution in [1.29, 1.82) is 0 Å². The van der Waals surface area contributed by atoms with Crippen molar-refractivity contribution < 1.29 is 5.11 Å². The standard InChI is InChI=1S/C9H18N4O/c1-9(2,14)4-5-10-6-8-12-11-7-13(8)3/h7,10,14H,4-6H2,1-3H3. The van der Waals surface area contributed by atoms with Crippen molar-refractivity contribution in [3.8, 4) is 0 Å². The topological polar surface area (TPSA) is 63.0 Å². The molecule has 0 bridgehead atoms. The summed E-state index contributed by atoms with van der Waals surface area (Å²) in [6.07, 6.45) is 2.40. The minimum atomic E-state index is -0.604. The van der Waals surface area contributed by atoms with Crippen LogP contribution in [0.25, 0.3) is 0 Å². The van der Waals surface area contributed by atoms with Crippen LogP contribution in [0.1, 0.15) is 26.1 Å². The van der Waals surface area contributed by atoms with Gasteiger partial charge in [-0.05, 0) is 26.8 Å². The molecule has 0 amide bonds. The average molecular weight is 198 g/mol. The largest absolute Gasteiger partial charge is 0.390 e. The van der Waals surface area contributed by atoms with Gasteiger partial charge in [0.05, 0.1) is 12.1 Å². The SMILES string of the molecule is Cn1cnnc1CNCCC(C)(C)O. The van der Waals surface area contributed by atoms with Gasteiger partial charge >= 0.3 is 0 Å². The average Bonchev–Trinajstić information content (AvgIpc) is 2.44. The second kappa shape index (κ2) is 4.52. The first-order valence-corrected chi connectivity index (χ1v) is 4.75. The van der Waals surface area contributed by atoms with Crippen LogP contribution in [0.15, 0.2) is 6.33 Å². The third-order valence-corrected chi connectivity index (χ3v) is 2.00. The molecule has 1 heterocycles. The fourth-order valence-corrected chi connectivity index (χ4v) is 1.06. The highest BCUT2D eigenvalue weighted by molar-refractivity contribution is 4.83. The van der Waals surface area contributed by atoms with Crippen LogP contribution in [-0.4, -0.2) is 32.0 Å². The van der Waals surface area contributed by atoms with E-state index in [2.05, 4.69) is 15.5 Å². The van der Waals surface area contributed by atoms with Crippen molar-refractivity contribution in [1.82, 2.24) is 20.1 Å². The van der Waals surface area contributed by atoms with Crippen LogP contribution in [0.2, 0.25) is 0 Å². The Morgan fingerprint density at radius 3 is 2.79 bits per heavy atom. The third-order valence-electron chi connectivity index (χ3n) is 2.00. The predicted octanol–water partition coefficient (Wildman–Crippen LogP) is 0.0657. The minimum absolute atomic E-state index is 0.604. The van der Waals surface area contributed by atoms with Crippen molar-refractivity contribution >= 4 is 0 Å². The van der Waals surface area contributed by atoms with E-state index in [1.54, 1.807) is 20.2 Å². The lowest BCUT2D eigenvalue weighted by atomic mass is 10.1. The maximum absolute atomic E-state index is 9.46. The lowest BCUT2D eigenvalue weighted by molar-refractivity contribution is 0.0710. The maximum atomic E-state index is 9.46. The molecule has 0 saturated carbocycles. The van der Waals surface area contributed by atoms with Crippen LogP contribution in [0.4, 0.5) is 0 Å². The normalized spacial score (nSPS) is 12.0. The van der Waals surface area contributed by atoms with Gasteiger partial charge in [0.25, 0.3) is 0 Å². The molecule has 5 heteroatoms. The Labute approximate surface area is 84.2 Å². The molecule has 0 unspecified atom stereocenters. The molecule has 0 fully saturated rings. The highest BCUT2D eigenvalue weighted by atomic mass is 16.3. The maximum Gasteiger partial charge on any atom is 0.146 e. The van der Waals surface area contributed by atoms with Crippen LogP contribution in [0.5, 0.6) is 0 Å². The zero-order valence-corrected chi connectivity index (χ0v) is 8.99. The Morgan fingerprint density at radius 1 is 1.57 bits per heavy atom. The molecule has 0 radical (unpaired) electrons. The zero-order valence-electron chi connectivity index (χ0n) is 8.99. The second-order valence-corrected chi connectivity index (χ2v) is 4.10. The van der Waals surface area contributed by atoms with Gasteiger partial charge in [0.1, 0.15) is 12.2 Å². The van der Waals surface area contributed by atoms with E-state index in [4.69, 9.17) is 0 Å². The molecule has 0 aliphatic rings. The van der Waals surface area contributed by atoms with Gasteiger partial charge in [-0.1, -0.05) is 0 Å². The first-order valence-electron chi connectivity index (χ1n) is 4.75. The lowest BCUT2D eigenvalue weighted by Crippen LogP contribution is -2.27. The van der Waals surface area contributed by atoms with Crippen LogP contribution in [0, 0.1) is 0 Å². The van der Waals surface area contributed by atoms with E-state index in [1.165, 1.54) is 0 Å². The number of nitrogens with one attached hydrogen (secondary N) is 1. The zero-order chi connectivity index (χ0) is 10.6. The van der Waals surface area contributed by atoms with Crippen LogP contribution < -0.4 is 5.32 Å². The predicted molar refractivity (Wildman–Crippen MR) is 53.6 cm³/mol. The van der Waals surface area contributed by atoms with E-state index in [1.807, 2.05) is 11.6 Å². The van der Waals surface area contributed by atoms with Gasteiger partial charge in [-0.15, -0.1) is 10.2 Å². The second-order valence-electron chi connectivity index (χ2n) is 4.10. The molecule has 0 aliphatic heterocycles. The molecular formula is C9H18N4O. The van der Waals surface area contributed by atoms with Crippen molar-refractivity contribution in [2.45, 2.75) is 32.4 Å². The van der Waals surface area contributed by atoms with Crippen molar-refractivity contribution in [3.63, 3.8) is 0 Å². The summed E-state index contributed by atoms with van der Waals surface area (Å²) in [6.45, 7) is 5.07. The summed E-state index contributed by atoms with van der Waals surface area (Å²) in [6, 6.07) is 0. The highest BCUT2D eigenvalue weighted by Crippen LogP contribution is 2.05. The Kier molecular flexibility index (Phi) is 3.60. The van der Waals surface area contributed by atoms with Crippen molar-refractivity contribution in [2.75, 3.05) is 6.54 Å². The summed E-state index contributed by atoms with van der Waals surface area (Å²) >= 11 is 0. The number of rotatable bonds is 5. The molecule has 0 aromatic carbocycles. The molecule has 2 N–H and O–H groups in total. The summed E-state index contributed by atoms with van der Waals surface area (Å²) in [5, 5.41) is 20.4. The summed E-state index contributed by atoms with van der Waals surface area (Å²) < 4.78 is 1.87. The number of hydrogen-bond donors (Lipinski definition) is 2. The van der Waals surface area contributed by atoms with E-state index in [9.17, 15) is 5.11 Å². The van der Waals surface area contributed by atoms with Crippen molar-refractivity contribution in [3.05, 3.63) is 12.2 Å². The molecule has 1 aromatic rings. The van der Waals surface area contributed by atoms with E-state index in [0.29, 0.717) is 6.54 Å². The Bertz CT molecular complexity index is 277. The number of aliphatic hydroxyl groups is 1. The third kappa shape index (κ3) is 3.85. The molecule has 0 atom stereocenters. The fraction of sp³-hybridized carbons (Fsp3) is 0.778. The Balaban J connectivity index is 2.20. The molecule has 80 valence electrons. The van der Waals surface area contributed by atoms with Crippen LogP contribution in [0.3, 0.4) is 0 Å². The van der Waals surface area contributed by atoms with Gasteiger partial charge in [0.2, 0.25) is 0 Å². The molecule has 0 aliphatic carbocycles. The Morgan fingerprint density at radius 2 is 2.29 bits per heavy atom. The monoisotopic (exact) mass is 198 g/mol. The van der Waals surface area contributed by atoms with E-state index in [-0.39, 0.29) is 0 Å². The van der Waals surface area contributed by atoms with Gasteiger partial charge in [-0.2, -0.15) is 0 Å². The van der Waals surface area contributed by atoms with Gasteiger partial charge in [-0.3, -0.25) is 0 Å². The first-order chi connectivity index (χ1) is 6.49. The number of nitrogens with zero attached hydrogens (tertiary/aromatic N) is 3. The van der Waals surface area contributed by atoms with Gasteiger partial charge < -0.3 is 15.0 Å². The molecule has 0 spiro atoms. The Hall–Kier alpha value is -0.940. The van der Waals surface area contributed by atoms with Gasteiger partial charge in [0.15, 0.2) is 0 Å². The van der Waals surface area contributed by atoms with E-state index in [0.717, 1.165) is 18.8 Å². The van der Waals surface area contributed by atoms with Crippen LogP contribution in [-0.2, 0) is 13.6 Å². The first kappa shape index (κ1) is 11.1. The summed E-state index contributed by atoms with van der Waals surface area (Å²) in [4.78, 5) is 0. The van der Waals surface area contributed by atoms with E-state index >= 15 is 0 Å². The fourth-order valence-electron chi connectivity index (χ4n) is 1.06. The summed E-state index contributed by atoms with van der Waals surface area (Å²) in [5.41, 5.74) is -0.604. The quantitative estimate of drug-likeness (QED) is 0.657. The summed E-state index contributed by atoms with van der Waals surface area (Å²) in [5.74, 6) is 0.903. The molecule has 14 heavy (non-hydrogen) atoms. The number of aryl methyl sites for hydroxylation is 1. The molecule has 5 nitrogen and oxygen atoms in total. The van der Waals surface area contributed by atoms with Crippen molar-refractivity contribution in [2.24, 2.45) is 7.05 Å². The minimum Gasteiger partial charge on any atom is -0.390 e. The number of hydrogen-bond acceptors (Lipinski definition) is 4.